The molecule has 0 aliphatic heterocycles. The first-order valence-electron chi connectivity index (χ1n) is 10.3. The molecule has 0 saturated heterocycles. The Morgan fingerprint density at radius 3 is 2.47 bits per heavy atom. The highest BCUT2D eigenvalue weighted by Gasteiger charge is 2.33. The largest absolute Gasteiger partial charge is 0.465 e. The highest BCUT2D eigenvalue weighted by molar-refractivity contribution is 8.00. The number of alkyl halides is 1. The van der Waals surface area contributed by atoms with Crippen LogP contribution >= 0.6 is 35.0 Å². The summed E-state index contributed by atoms with van der Waals surface area (Å²) in [5, 5.41) is -0.0169. The molecule has 2 rings (SSSR count). The van der Waals surface area contributed by atoms with Gasteiger partial charge in [0.2, 0.25) is 5.91 Å². The number of thioether (sulfide) groups is 1. The highest BCUT2D eigenvalue weighted by atomic mass is 35.5. The second-order valence-corrected chi connectivity index (χ2v) is 8.63. The van der Waals surface area contributed by atoms with E-state index in [1.54, 1.807) is 6.92 Å². The number of carbonyl (C=O) groups is 4. The molecule has 0 heterocycles. The number of hydrogen-bond acceptors (Lipinski definition) is 7. The monoisotopic (exact) mass is 529 g/mol. The maximum Gasteiger partial charge on any atom is 0.335 e. The van der Waals surface area contributed by atoms with Crippen molar-refractivity contribution < 1.29 is 33.0 Å². The van der Waals surface area contributed by atoms with Crippen molar-refractivity contribution in [2.45, 2.75) is 37.5 Å². The van der Waals surface area contributed by atoms with E-state index in [0.717, 1.165) is 17.8 Å². The van der Waals surface area contributed by atoms with E-state index < -0.39 is 41.1 Å². The molecular weight excluding hydrogens is 508 g/mol. The summed E-state index contributed by atoms with van der Waals surface area (Å²) in [6, 6.07) is 2.12. The third-order valence-corrected chi connectivity index (χ3v) is 6.40. The van der Waals surface area contributed by atoms with E-state index in [2.05, 4.69) is 5.92 Å². The molecule has 7 nitrogen and oxygen atoms in total. The number of terminal acetylenes is 1. The van der Waals surface area contributed by atoms with E-state index in [1.165, 1.54) is 6.07 Å². The summed E-state index contributed by atoms with van der Waals surface area (Å²) in [6.07, 6.45) is 6.77. The van der Waals surface area contributed by atoms with Crippen LogP contribution < -0.4 is 4.90 Å². The number of esters is 2. The Hall–Kier alpha value is -2.54. The van der Waals surface area contributed by atoms with Crippen LogP contribution in [0.15, 0.2) is 28.2 Å². The highest BCUT2D eigenvalue weighted by Crippen LogP contribution is 2.36. The molecule has 2 amide bonds. The van der Waals surface area contributed by atoms with Crippen molar-refractivity contribution in [2.75, 3.05) is 29.7 Å². The van der Waals surface area contributed by atoms with Crippen LogP contribution in [0.2, 0.25) is 5.02 Å². The Balaban J connectivity index is 2.50. The molecule has 34 heavy (non-hydrogen) atoms. The molecule has 1 aromatic carbocycles. The summed E-state index contributed by atoms with van der Waals surface area (Å²) in [6.45, 7) is 1.57. The summed E-state index contributed by atoms with van der Waals surface area (Å²) in [4.78, 5) is 51.1. The lowest BCUT2D eigenvalue weighted by Crippen LogP contribution is -2.40. The Morgan fingerprint density at radius 1 is 1.18 bits per heavy atom. The summed E-state index contributed by atoms with van der Waals surface area (Å²) < 4.78 is 24.8. The molecule has 0 N–H and O–H groups in total. The molecular formula is C23H22Cl2FNO6S. The van der Waals surface area contributed by atoms with E-state index >= 15 is 0 Å². The van der Waals surface area contributed by atoms with Gasteiger partial charge in [-0.05, 0) is 44.7 Å². The molecule has 182 valence electrons. The lowest BCUT2D eigenvalue weighted by atomic mass is 9.90. The zero-order valence-corrected chi connectivity index (χ0v) is 20.7. The van der Waals surface area contributed by atoms with E-state index in [-0.39, 0.29) is 52.9 Å². The van der Waals surface area contributed by atoms with Crippen molar-refractivity contribution >= 4 is 64.4 Å². The van der Waals surface area contributed by atoms with Crippen LogP contribution in [-0.2, 0) is 28.7 Å². The molecule has 0 spiro atoms. The van der Waals surface area contributed by atoms with Gasteiger partial charge in [-0.15, -0.1) is 29.8 Å². The summed E-state index contributed by atoms with van der Waals surface area (Å²) >= 11 is 12.8. The number of benzene rings is 1. The van der Waals surface area contributed by atoms with E-state index in [9.17, 15) is 23.6 Å². The second-order valence-electron chi connectivity index (χ2n) is 6.94. The maximum atomic E-state index is 14.9. The normalized spacial score (nSPS) is 13.1. The van der Waals surface area contributed by atoms with Crippen LogP contribution in [0, 0.1) is 18.2 Å². The van der Waals surface area contributed by atoms with Gasteiger partial charge in [0.15, 0.2) is 6.61 Å². The molecule has 1 aliphatic rings. The van der Waals surface area contributed by atoms with Crippen molar-refractivity contribution in [3.05, 3.63) is 34.1 Å². The average Bonchev–Trinajstić information content (AvgIpc) is 2.83. The van der Waals surface area contributed by atoms with Crippen molar-refractivity contribution in [3.63, 3.8) is 0 Å². The zero-order chi connectivity index (χ0) is 25.3. The Morgan fingerprint density at radius 2 is 1.85 bits per heavy atom. The van der Waals surface area contributed by atoms with Gasteiger partial charge < -0.3 is 9.47 Å². The minimum atomic E-state index is -0.954. The second kappa shape index (κ2) is 13.4. The number of halogens is 3. The molecule has 1 aromatic rings. The molecule has 0 atom stereocenters. The minimum absolute atomic E-state index is 0.0169. The van der Waals surface area contributed by atoms with Crippen molar-refractivity contribution in [3.8, 4) is 12.3 Å². The average molecular weight is 530 g/mol. The summed E-state index contributed by atoms with van der Waals surface area (Å²) in [5.74, 6) is -2.58. The fourth-order valence-electron chi connectivity index (χ4n) is 3.25. The van der Waals surface area contributed by atoms with Gasteiger partial charge in [-0.2, -0.15) is 0 Å². The van der Waals surface area contributed by atoms with Crippen LogP contribution in [0.5, 0.6) is 0 Å². The number of amides is 2. The van der Waals surface area contributed by atoms with Crippen LogP contribution in [0.3, 0.4) is 0 Å². The van der Waals surface area contributed by atoms with E-state index in [0.29, 0.717) is 17.7 Å². The predicted molar refractivity (Wildman–Crippen MR) is 127 cm³/mol. The number of nitrogens with zero attached hydrogens (tertiary/aromatic N) is 1. The standard InChI is InChI=1S/C23H22Cl2FNO6S/c1-3-9-33-23(31)15-8-6-5-7-14(15)22(30)27(20(28)12-24)18-11-19(16(25)10-17(18)26)34-13-21(29)32-4-2/h1,10-11H,4-9,12-13H2,2H3. The number of carbonyl (C=O) groups excluding carboxylic acids is 4. The molecule has 0 aromatic heterocycles. The molecule has 0 unspecified atom stereocenters. The zero-order valence-electron chi connectivity index (χ0n) is 18.3. The SMILES string of the molecule is C#CCOC(=O)C1=C(C(=O)N(C(=O)CCl)c2cc(SCC(=O)OCC)c(Cl)cc2F)CCCC1. The number of hydrogen-bond donors (Lipinski definition) is 0. The Bertz CT molecular complexity index is 1050. The summed E-state index contributed by atoms with van der Waals surface area (Å²) in [7, 11) is 0. The van der Waals surface area contributed by atoms with E-state index in [4.69, 9.17) is 39.1 Å². The smallest absolute Gasteiger partial charge is 0.335 e. The van der Waals surface area contributed by atoms with Crippen LogP contribution in [0.1, 0.15) is 32.6 Å². The van der Waals surface area contributed by atoms with Crippen LogP contribution in [-0.4, -0.2) is 48.6 Å². The fourth-order valence-corrected chi connectivity index (χ4v) is 4.43. The first kappa shape index (κ1) is 27.7. The third-order valence-electron chi connectivity index (χ3n) is 4.72. The lowest BCUT2D eigenvalue weighted by Gasteiger charge is -2.26. The Labute approximate surface area is 210 Å². The molecule has 0 radical (unpaired) electrons. The molecule has 0 bridgehead atoms. The first-order valence-corrected chi connectivity index (χ1v) is 12.2. The Kier molecular flexibility index (Phi) is 10.9. The fraction of sp³-hybridized carbons (Fsp3) is 0.391. The molecule has 0 fully saturated rings. The van der Waals surface area contributed by atoms with E-state index in [1.807, 2.05) is 0 Å². The third kappa shape index (κ3) is 6.98. The molecule has 0 saturated carbocycles. The maximum absolute atomic E-state index is 14.9. The topological polar surface area (TPSA) is 90.0 Å². The molecule has 1 aliphatic carbocycles. The first-order chi connectivity index (χ1) is 16.2. The number of anilines is 1. The van der Waals surface area contributed by atoms with Gasteiger partial charge in [-0.1, -0.05) is 17.5 Å². The number of imide groups is 1. The van der Waals surface area contributed by atoms with Crippen molar-refractivity contribution in [1.29, 1.82) is 0 Å². The van der Waals surface area contributed by atoms with Gasteiger partial charge in [0.1, 0.15) is 11.7 Å². The van der Waals surface area contributed by atoms with Crippen molar-refractivity contribution in [1.82, 2.24) is 0 Å². The quantitative estimate of drug-likeness (QED) is 0.204. The van der Waals surface area contributed by atoms with Gasteiger partial charge in [0, 0.05) is 16.0 Å². The minimum Gasteiger partial charge on any atom is -0.465 e. The van der Waals surface area contributed by atoms with Gasteiger partial charge in [-0.25, -0.2) is 14.1 Å². The van der Waals surface area contributed by atoms with Crippen LogP contribution in [0.4, 0.5) is 10.1 Å². The number of rotatable bonds is 9. The van der Waals surface area contributed by atoms with Crippen LogP contribution in [0.25, 0.3) is 0 Å². The van der Waals surface area contributed by atoms with Gasteiger partial charge in [0.25, 0.3) is 5.91 Å². The van der Waals surface area contributed by atoms with Gasteiger partial charge >= 0.3 is 11.9 Å². The van der Waals surface area contributed by atoms with Gasteiger partial charge in [0.05, 0.1) is 23.1 Å². The predicted octanol–water partition coefficient (Wildman–Crippen LogP) is 4.28. The van der Waals surface area contributed by atoms with Gasteiger partial charge in [-0.3, -0.25) is 14.4 Å². The summed E-state index contributed by atoms with van der Waals surface area (Å²) in [5.41, 5.74) is -0.284. The number of ether oxygens (including phenoxy) is 2. The van der Waals surface area contributed by atoms with Crippen molar-refractivity contribution in [2.24, 2.45) is 0 Å². The lowest BCUT2D eigenvalue weighted by molar-refractivity contribution is -0.140. The molecule has 11 heteroatoms.